The molecule has 2 aromatic heterocycles. The molecule has 0 amide bonds. The highest BCUT2D eigenvalue weighted by Crippen LogP contribution is 2.32. The van der Waals surface area contributed by atoms with Crippen LogP contribution in [0.5, 0.6) is 0 Å². The lowest BCUT2D eigenvalue weighted by molar-refractivity contribution is 0.827. The molecule has 0 saturated heterocycles. The van der Waals surface area contributed by atoms with Crippen molar-refractivity contribution in [3.63, 3.8) is 0 Å². The van der Waals surface area contributed by atoms with E-state index in [1.165, 1.54) is 43.6 Å². The van der Waals surface area contributed by atoms with Crippen molar-refractivity contribution in [3.8, 4) is 12.1 Å². The number of hydrogen-bond acceptors (Lipinski definition) is 2. The Labute approximate surface area is 256 Å². The molecule has 0 N–H and O–H groups in total. The minimum absolute atomic E-state index is 0.579. The van der Waals surface area contributed by atoms with Crippen molar-refractivity contribution in [2.45, 2.75) is 26.9 Å². The highest BCUT2D eigenvalue weighted by Gasteiger charge is 2.12. The summed E-state index contributed by atoms with van der Waals surface area (Å²) in [6.45, 7) is 6.11. The number of rotatable bonds is 6. The molecular weight excluding hydrogens is 536 g/mol. The van der Waals surface area contributed by atoms with Gasteiger partial charge in [-0.2, -0.15) is 10.5 Å². The summed E-state index contributed by atoms with van der Waals surface area (Å²) < 4.78 is 4.65. The Morgan fingerprint density at radius 2 is 0.909 bits per heavy atom. The second kappa shape index (κ2) is 11.1. The summed E-state index contributed by atoms with van der Waals surface area (Å²) in [6, 6.07) is 42.1. The first-order valence-electron chi connectivity index (χ1n) is 15.0. The van der Waals surface area contributed by atoms with Gasteiger partial charge in [-0.1, -0.05) is 72.8 Å². The lowest BCUT2D eigenvalue weighted by atomic mass is 9.98. The van der Waals surface area contributed by atoms with Gasteiger partial charge in [-0.05, 0) is 84.7 Å². The number of para-hydroxylation sites is 2. The second-order valence-corrected chi connectivity index (χ2v) is 11.0. The Hall–Kier alpha value is -5.84. The molecule has 210 valence electrons. The Morgan fingerprint density at radius 1 is 0.523 bits per heavy atom. The normalized spacial score (nSPS) is 12.3. The predicted octanol–water partition coefficient (Wildman–Crippen LogP) is 10.1. The first-order valence-corrected chi connectivity index (χ1v) is 15.0. The molecule has 0 aliphatic carbocycles. The number of nitrogens with zero attached hydrogens (tertiary/aromatic N) is 4. The minimum atomic E-state index is 0.579. The molecule has 0 radical (unpaired) electrons. The Bertz CT molecular complexity index is 2190. The van der Waals surface area contributed by atoms with Crippen LogP contribution in [0.3, 0.4) is 0 Å². The van der Waals surface area contributed by atoms with E-state index in [4.69, 9.17) is 0 Å². The summed E-state index contributed by atoms with van der Waals surface area (Å²) in [7, 11) is 0. The molecule has 7 rings (SSSR count). The van der Waals surface area contributed by atoms with Gasteiger partial charge in [0.1, 0.15) is 0 Å². The van der Waals surface area contributed by atoms with Gasteiger partial charge in [-0.3, -0.25) is 0 Å². The van der Waals surface area contributed by atoms with Crippen LogP contribution >= 0.6 is 0 Å². The average Bonchev–Trinajstić information content (AvgIpc) is 3.57. The van der Waals surface area contributed by atoms with Gasteiger partial charge in [0.2, 0.25) is 0 Å². The lowest BCUT2D eigenvalue weighted by Gasteiger charge is -2.05. The maximum absolute atomic E-state index is 10.1. The molecule has 0 atom stereocenters. The Kier molecular flexibility index (Phi) is 6.82. The number of allylic oxidation sites excluding steroid dienone is 2. The molecule has 4 nitrogen and oxygen atoms in total. The number of fused-ring (bicyclic) bond motifs is 6. The van der Waals surface area contributed by atoms with Gasteiger partial charge in [-0.15, -0.1) is 0 Å². The van der Waals surface area contributed by atoms with Crippen LogP contribution in [0, 0.1) is 22.7 Å². The third-order valence-corrected chi connectivity index (χ3v) is 8.60. The summed E-state index contributed by atoms with van der Waals surface area (Å²) in [5, 5.41) is 25.0. The molecule has 0 unspecified atom stereocenters. The number of aryl methyl sites for hydroxylation is 2. The molecule has 2 heterocycles. The molecule has 0 fully saturated rings. The van der Waals surface area contributed by atoms with E-state index < -0.39 is 0 Å². The maximum Gasteiger partial charge on any atom is 0.0998 e. The number of nitriles is 2. The topological polar surface area (TPSA) is 57.4 Å². The number of hydrogen-bond donors (Lipinski definition) is 0. The highest BCUT2D eigenvalue weighted by atomic mass is 15.0. The largest absolute Gasteiger partial charge is 0.341 e. The zero-order chi connectivity index (χ0) is 30.2. The van der Waals surface area contributed by atoms with Crippen molar-refractivity contribution in [1.29, 1.82) is 10.5 Å². The summed E-state index contributed by atoms with van der Waals surface area (Å²) >= 11 is 0. The fraction of sp³-hybridized carbons (Fsp3) is 0.100. The second-order valence-electron chi connectivity index (χ2n) is 11.0. The summed E-state index contributed by atoms with van der Waals surface area (Å²) in [5.74, 6) is 0. The van der Waals surface area contributed by atoms with E-state index in [1.807, 2.05) is 36.4 Å². The van der Waals surface area contributed by atoms with Crippen LogP contribution in [0.25, 0.3) is 66.9 Å². The van der Waals surface area contributed by atoms with Gasteiger partial charge in [0, 0.05) is 56.7 Å². The molecule has 0 bridgehead atoms. The van der Waals surface area contributed by atoms with Gasteiger partial charge in [0.25, 0.3) is 0 Å². The molecule has 0 saturated carbocycles. The summed E-state index contributed by atoms with van der Waals surface area (Å²) in [4.78, 5) is 0. The zero-order valence-corrected chi connectivity index (χ0v) is 24.8. The lowest BCUT2D eigenvalue weighted by Crippen LogP contribution is -1.92. The van der Waals surface area contributed by atoms with E-state index in [-0.39, 0.29) is 0 Å². The number of aromatic nitrogens is 2. The third-order valence-electron chi connectivity index (χ3n) is 8.60. The maximum atomic E-state index is 10.1. The van der Waals surface area contributed by atoms with Crippen LogP contribution < -0.4 is 0 Å². The molecule has 44 heavy (non-hydrogen) atoms. The first kappa shape index (κ1) is 27.0. The standard InChI is InChI=1S/C40H30N4/c1-3-43-37-11-7-5-9-33(37)35-23-27(13-19-39(35)43)21-31(25-41)29-15-17-30(18-16-29)32(26-42)22-28-14-20-40-36(24-28)34-10-6-8-12-38(34)44(40)4-2/h5-24H,3-4H2,1-2H3/b31-21-,32-22+. The van der Waals surface area contributed by atoms with Crippen LogP contribution in [0.4, 0.5) is 0 Å². The summed E-state index contributed by atoms with van der Waals surface area (Å²) in [5.41, 5.74) is 9.58. The molecule has 0 aliphatic heterocycles. The van der Waals surface area contributed by atoms with Crippen LogP contribution in [-0.4, -0.2) is 9.13 Å². The first-order chi connectivity index (χ1) is 21.6. The van der Waals surface area contributed by atoms with E-state index in [0.717, 1.165) is 35.3 Å². The molecule has 4 heteroatoms. The van der Waals surface area contributed by atoms with E-state index >= 15 is 0 Å². The van der Waals surface area contributed by atoms with Crippen molar-refractivity contribution in [2.75, 3.05) is 0 Å². The molecule has 5 aromatic carbocycles. The molecule has 0 aliphatic rings. The van der Waals surface area contributed by atoms with Gasteiger partial charge >= 0.3 is 0 Å². The van der Waals surface area contributed by atoms with Crippen LogP contribution in [-0.2, 0) is 13.1 Å². The van der Waals surface area contributed by atoms with Crippen molar-refractivity contribution in [2.24, 2.45) is 0 Å². The van der Waals surface area contributed by atoms with Gasteiger partial charge in [0.05, 0.1) is 23.3 Å². The Balaban J connectivity index is 1.22. The smallest absolute Gasteiger partial charge is 0.0998 e. The van der Waals surface area contributed by atoms with E-state index in [2.05, 4.69) is 120 Å². The van der Waals surface area contributed by atoms with Gasteiger partial charge in [-0.25, -0.2) is 0 Å². The van der Waals surface area contributed by atoms with Gasteiger partial charge in [0.15, 0.2) is 0 Å². The van der Waals surface area contributed by atoms with Crippen molar-refractivity contribution >= 4 is 66.9 Å². The number of benzene rings is 5. The zero-order valence-electron chi connectivity index (χ0n) is 24.8. The van der Waals surface area contributed by atoms with E-state index in [1.54, 1.807) is 0 Å². The molecular formula is C40H30N4. The highest BCUT2D eigenvalue weighted by molar-refractivity contribution is 6.10. The monoisotopic (exact) mass is 566 g/mol. The quantitative estimate of drug-likeness (QED) is 0.149. The van der Waals surface area contributed by atoms with E-state index in [0.29, 0.717) is 11.1 Å². The Morgan fingerprint density at radius 3 is 1.30 bits per heavy atom. The third kappa shape index (κ3) is 4.46. The SMILES string of the molecule is CCn1c2ccccc2c2cc(/C=C(\C#N)c3ccc(/C(C#N)=C\c4ccc5c(c4)c4ccccc4n5CC)cc3)ccc21. The van der Waals surface area contributed by atoms with Crippen LogP contribution in [0.15, 0.2) is 109 Å². The minimum Gasteiger partial charge on any atom is -0.341 e. The van der Waals surface area contributed by atoms with Crippen LogP contribution in [0.2, 0.25) is 0 Å². The van der Waals surface area contributed by atoms with Crippen LogP contribution in [0.1, 0.15) is 36.1 Å². The predicted molar refractivity (Wildman–Crippen MR) is 184 cm³/mol. The van der Waals surface area contributed by atoms with E-state index in [9.17, 15) is 10.5 Å². The summed E-state index contributed by atoms with van der Waals surface area (Å²) in [6.07, 6.45) is 3.88. The fourth-order valence-corrected chi connectivity index (χ4v) is 6.53. The molecule has 0 spiro atoms. The fourth-order valence-electron chi connectivity index (χ4n) is 6.53. The van der Waals surface area contributed by atoms with Gasteiger partial charge < -0.3 is 9.13 Å². The van der Waals surface area contributed by atoms with Crippen molar-refractivity contribution in [1.82, 2.24) is 9.13 Å². The average molecular weight is 567 g/mol. The molecule has 7 aromatic rings. The van der Waals surface area contributed by atoms with Crippen molar-refractivity contribution in [3.05, 3.63) is 131 Å². The van der Waals surface area contributed by atoms with Crippen molar-refractivity contribution < 1.29 is 0 Å².